The molecule has 1 atom stereocenters. The minimum Gasteiger partial charge on any atom is -0.316 e. The van der Waals surface area contributed by atoms with E-state index in [0.29, 0.717) is 0 Å². The topological polar surface area (TPSA) is 18.5 Å². The van der Waals surface area contributed by atoms with Crippen LogP contribution >= 0.6 is 0 Å². The Balaban J connectivity index is 1.64. The highest BCUT2D eigenvalue weighted by Gasteiger charge is 2.22. The van der Waals surface area contributed by atoms with Gasteiger partial charge in [0.2, 0.25) is 0 Å². The lowest BCUT2D eigenvalue weighted by Crippen LogP contribution is -2.48. The molecule has 2 saturated heterocycles. The molecule has 0 spiro atoms. The van der Waals surface area contributed by atoms with Gasteiger partial charge in [-0.25, -0.2) is 0 Å². The molecule has 0 bridgehead atoms. The number of rotatable bonds is 4. The first-order chi connectivity index (χ1) is 7.74. The van der Waals surface area contributed by atoms with Gasteiger partial charge in [-0.1, -0.05) is 13.8 Å². The van der Waals surface area contributed by atoms with E-state index in [1.54, 1.807) is 0 Å². The minimum atomic E-state index is 0.811. The maximum absolute atomic E-state index is 3.46. The van der Waals surface area contributed by atoms with E-state index in [4.69, 9.17) is 0 Å². The van der Waals surface area contributed by atoms with Gasteiger partial charge in [-0.3, -0.25) is 0 Å². The Labute approximate surface area is 100 Å². The van der Waals surface area contributed by atoms with E-state index in [1.807, 2.05) is 0 Å². The molecule has 0 amide bonds. The fourth-order valence-electron chi connectivity index (χ4n) is 2.91. The molecule has 3 nitrogen and oxygen atoms in total. The zero-order valence-corrected chi connectivity index (χ0v) is 10.9. The lowest BCUT2D eigenvalue weighted by Gasteiger charge is -2.36. The summed E-state index contributed by atoms with van der Waals surface area (Å²) in [6.45, 7) is 14.8. The van der Waals surface area contributed by atoms with Gasteiger partial charge in [0.15, 0.2) is 0 Å². The predicted octanol–water partition coefficient (Wildman–Crippen LogP) is 0.870. The third-order valence-electron chi connectivity index (χ3n) is 3.77. The van der Waals surface area contributed by atoms with Gasteiger partial charge in [-0.2, -0.15) is 0 Å². The monoisotopic (exact) mass is 225 g/mol. The second-order valence-corrected chi connectivity index (χ2v) is 5.85. The molecule has 2 aliphatic rings. The summed E-state index contributed by atoms with van der Waals surface area (Å²) in [6, 6.07) is 0. The van der Waals surface area contributed by atoms with Gasteiger partial charge < -0.3 is 15.1 Å². The van der Waals surface area contributed by atoms with Crippen LogP contribution in [0, 0.1) is 11.8 Å². The average Bonchev–Trinajstić information content (AvgIpc) is 2.73. The standard InChI is InChI=1S/C13H27N3/c1-12(2)10-15-5-7-16(8-6-15)11-13-3-4-14-9-13/h12-14H,3-11H2,1-2H3. The Bertz CT molecular complexity index is 191. The largest absolute Gasteiger partial charge is 0.316 e. The van der Waals surface area contributed by atoms with Crippen LogP contribution in [0.5, 0.6) is 0 Å². The molecule has 2 fully saturated rings. The zero-order valence-electron chi connectivity index (χ0n) is 10.9. The highest BCUT2D eigenvalue weighted by Crippen LogP contribution is 2.12. The van der Waals surface area contributed by atoms with Crippen LogP contribution in [0.1, 0.15) is 20.3 Å². The van der Waals surface area contributed by atoms with Gasteiger partial charge in [0.25, 0.3) is 0 Å². The van der Waals surface area contributed by atoms with Crippen LogP contribution in [-0.2, 0) is 0 Å². The summed E-state index contributed by atoms with van der Waals surface area (Å²) in [6.07, 6.45) is 1.38. The van der Waals surface area contributed by atoms with Gasteiger partial charge in [-0.05, 0) is 31.3 Å². The van der Waals surface area contributed by atoms with E-state index in [9.17, 15) is 0 Å². The SMILES string of the molecule is CC(C)CN1CCN(CC2CCNC2)CC1. The molecule has 0 aromatic rings. The van der Waals surface area contributed by atoms with E-state index >= 15 is 0 Å². The van der Waals surface area contributed by atoms with E-state index in [-0.39, 0.29) is 0 Å². The van der Waals surface area contributed by atoms with Crippen molar-refractivity contribution >= 4 is 0 Å². The Morgan fingerprint density at radius 2 is 1.81 bits per heavy atom. The van der Waals surface area contributed by atoms with Gasteiger partial charge in [0.05, 0.1) is 0 Å². The normalized spacial score (nSPS) is 29.1. The molecule has 1 unspecified atom stereocenters. The molecule has 0 aromatic heterocycles. The second kappa shape index (κ2) is 5.99. The van der Waals surface area contributed by atoms with Gasteiger partial charge in [0, 0.05) is 39.3 Å². The summed E-state index contributed by atoms with van der Waals surface area (Å²) in [4.78, 5) is 5.28. The van der Waals surface area contributed by atoms with Crippen molar-refractivity contribution in [3.05, 3.63) is 0 Å². The van der Waals surface area contributed by atoms with Gasteiger partial charge in [-0.15, -0.1) is 0 Å². The maximum Gasteiger partial charge on any atom is 0.0110 e. The molecule has 0 aromatic carbocycles. The average molecular weight is 225 g/mol. The Morgan fingerprint density at radius 3 is 2.38 bits per heavy atom. The smallest absolute Gasteiger partial charge is 0.0110 e. The van der Waals surface area contributed by atoms with Crippen LogP contribution in [0.4, 0.5) is 0 Å². The molecule has 0 aliphatic carbocycles. The lowest BCUT2D eigenvalue weighted by molar-refractivity contribution is 0.111. The minimum absolute atomic E-state index is 0.811. The molecule has 2 rings (SSSR count). The third-order valence-corrected chi connectivity index (χ3v) is 3.77. The summed E-state index contributed by atoms with van der Waals surface area (Å²) in [5.41, 5.74) is 0. The fourth-order valence-corrected chi connectivity index (χ4v) is 2.91. The molecular formula is C13H27N3. The van der Waals surface area contributed by atoms with Crippen molar-refractivity contribution in [1.82, 2.24) is 15.1 Å². The summed E-state index contributed by atoms with van der Waals surface area (Å²) in [5, 5.41) is 3.46. The number of hydrogen-bond donors (Lipinski definition) is 1. The Kier molecular flexibility index (Phi) is 4.62. The highest BCUT2D eigenvalue weighted by atomic mass is 15.3. The molecule has 2 heterocycles. The van der Waals surface area contributed by atoms with Crippen molar-refractivity contribution in [2.45, 2.75) is 20.3 Å². The molecule has 2 aliphatic heterocycles. The quantitative estimate of drug-likeness (QED) is 0.766. The molecule has 3 heteroatoms. The van der Waals surface area contributed by atoms with Crippen LogP contribution in [-0.4, -0.2) is 62.2 Å². The second-order valence-electron chi connectivity index (χ2n) is 5.85. The fraction of sp³-hybridized carbons (Fsp3) is 1.00. The highest BCUT2D eigenvalue weighted by molar-refractivity contribution is 4.78. The van der Waals surface area contributed by atoms with E-state index in [2.05, 4.69) is 29.0 Å². The zero-order chi connectivity index (χ0) is 11.4. The molecule has 0 saturated carbocycles. The summed E-state index contributed by atoms with van der Waals surface area (Å²) < 4.78 is 0. The van der Waals surface area contributed by atoms with Crippen molar-refractivity contribution in [3.63, 3.8) is 0 Å². The number of nitrogens with zero attached hydrogens (tertiary/aromatic N) is 2. The Hall–Kier alpha value is -0.120. The van der Waals surface area contributed by atoms with Crippen molar-refractivity contribution in [3.8, 4) is 0 Å². The Morgan fingerprint density at radius 1 is 1.12 bits per heavy atom. The van der Waals surface area contributed by atoms with Gasteiger partial charge >= 0.3 is 0 Å². The predicted molar refractivity (Wildman–Crippen MR) is 68.7 cm³/mol. The van der Waals surface area contributed by atoms with E-state index in [0.717, 1.165) is 11.8 Å². The summed E-state index contributed by atoms with van der Waals surface area (Å²) in [7, 11) is 0. The molecule has 94 valence electrons. The van der Waals surface area contributed by atoms with Crippen molar-refractivity contribution in [2.75, 3.05) is 52.4 Å². The van der Waals surface area contributed by atoms with Crippen LogP contribution in [0.25, 0.3) is 0 Å². The van der Waals surface area contributed by atoms with Crippen LogP contribution in [0.3, 0.4) is 0 Å². The molecule has 0 radical (unpaired) electrons. The summed E-state index contributed by atoms with van der Waals surface area (Å²) in [5.74, 6) is 1.72. The first kappa shape index (κ1) is 12.3. The lowest BCUT2D eigenvalue weighted by atomic mass is 10.1. The van der Waals surface area contributed by atoms with Crippen molar-refractivity contribution in [1.29, 1.82) is 0 Å². The number of hydrogen-bond acceptors (Lipinski definition) is 3. The third kappa shape index (κ3) is 3.72. The molecular weight excluding hydrogens is 198 g/mol. The number of nitrogens with one attached hydrogen (secondary N) is 1. The molecule has 1 N–H and O–H groups in total. The van der Waals surface area contributed by atoms with E-state index in [1.165, 1.54) is 58.8 Å². The van der Waals surface area contributed by atoms with Crippen LogP contribution < -0.4 is 5.32 Å². The first-order valence-electron chi connectivity index (χ1n) is 6.89. The van der Waals surface area contributed by atoms with Crippen LogP contribution in [0.2, 0.25) is 0 Å². The van der Waals surface area contributed by atoms with Crippen molar-refractivity contribution in [2.24, 2.45) is 11.8 Å². The van der Waals surface area contributed by atoms with Gasteiger partial charge in [0.1, 0.15) is 0 Å². The van der Waals surface area contributed by atoms with Crippen LogP contribution in [0.15, 0.2) is 0 Å². The first-order valence-corrected chi connectivity index (χ1v) is 6.89. The van der Waals surface area contributed by atoms with Crippen molar-refractivity contribution < 1.29 is 0 Å². The summed E-state index contributed by atoms with van der Waals surface area (Å²) >= 11 is 0. The molecule has 16 heavy (non-hydrogen) atoms. The maximum atomic E-state index is 3.46. The number of piperazine rings is 1. The van der Waals surface area contributed by atoms with E-state index < -0.39 is 0 Å².